The van der Waals surface area contributed by atoms with Crippen molar-refractivity contribution >= 4 is 11.8 Å². The van der Waals surface area contributed by atoms with Crippen LogP contribution in [0.2, 0.25) is 0 Å². The van der Waals surface area contributed by atoms with Crippen molar-refractivity contribution in [2.75, 3.05) is 11.5 Å². The van der Waals surface area contributed by atoms with Gasteiger partial charge in [0.2, 0.25) is 0 Å². The molecule has 7 heteroatoms. The van der Waals surface area contributed by atoms with E-state index in [2.05, 4.69) is 9.88 Å². The van der Waals surface area contributed by atoms with Crippen molar-refractivity contribution in [1.82, 2.24) is 4.98 Å². The van der Waals surface area contributed by atoms with E-state index in [0.29, 0.717) is 24.4 Å². The minimum absolute atomic E-state index is 0.00539. The van der Waals surface area contributed by atoms with Gasteiger partial charge in [0.1, 0.15) is 0 Å². The normalized spacial score (nSPS) is 33.7. The lowest BCUT2D eigenvalue weighted by molar-refractivity contribution is -0.139. The second-order valence-electron chi connectivity index (χ2n) is 6.87. The van der Waals surface area contributed by atoms with E-state index in [1.165, 1.54) is 0 Å². The molecule has 0 aromatic carbocycles. The Morgan fingerprint density at radius 2 is 2.04 bits per heavy atom. The van der Waals surface area contributed by atoms with Crippen LogP contribution < -0.4 is 9.64 Å². The van der Waals surface area contributed by atoms with Crippen LogP contribution in [-0.2, 0) is 4.79 Å². The van der Waals surface area contributed by atoms with Gasteiger partial charge in [-0.2, -0.15) is 0 Å². The van der Waals surface area contributed by atoms with Crippen LogP contribution in [0.5, 0.6) is 5.75 Å². The molecule has 2 aliphatic heterocycles. The lowest BCUT2D eigenvalue weighted by Crippen LogP contribution is -2.45. The molecule has 4 rings (SSSR count). The molecule has 1 spiro atoms. The van der Waals surface area contributed by atoms with Crippen molar-refractivity contribution in [3.05, 3.63) is 18.3 Å². The zero-order valence-corrected chi connectivity index (χ0v) is 12.5. The molecule has 2 saturated heterocycles. The van der Waals surface area contributed by atoms with Gasteiger partial charge in [-0.25, -0.2) is 18.6 Å². The average Bonchev–Trinajstić information content (AvgIpc) is 2.89. The van der Waals surface area contributed by atoms with E-state index in [9.17, 15) is 13.6 Å². The third kappa shape index (κ3) is 2.24. The molecule has 1 aromatic heterocycles. The summed E-state index contributed by atoms with van der Waals surface area (Å²) in [5.74, 6) is -2.59. The fourth-order valence-corrected chi connectivity index (χ4v) is 4.35. The van der Waals surface area contributed by atoms with Crippen LogP contribution in [0.1, 0.15) is 32.1 Å². The average molecular weight is 324 g/mol. The molecular formula is C16H18F2N2O3. The topological polar surface area (TPSA) is 62.7 Å². The monoisotopic (exact) mass is 324 g/mol. The first-order valence-electron chi connectivity index (χ1n) is 7.88. The summed E-state index contributed by atoms with van der Waals surface area (Å²) in [4.78, 5) is 17.2. The Morgan fingerprint density at radius 1 is 1.39 bits per heavy atom. The van der Waals surface area contributed by atoms with Gasteiger partial charge in [-0.3, -0.25) is 0 Å². The molecule has 0 radical (unpaired) electrons. The number of carbonyl (C=O) groups is 1. The molecule has 1 N–H and O–H groups in total. The van der Waals surface area contributed by atoms with Crippen molar-refractivity contribution in [1.29, 1.82) is 0 Å². The number of rotatable bonds is 4. The van der Waals surface area contributed by atoms with E-state index < -0.39 is 23.9 Å². The van der Waals surface area contributed by atoms with Crippen molar-refractivity contribution in [2.45, 2.75) is 50.1 Å². The van der Waals surface area contributed by atoms with Gasteiger partial charge in [0.15, 0.2) is 18.2 Å². The molecule has 5 nitrogen and oxygen atoms in total. The van der Waals surface area contributed by atoms with Crippen LogP contribution in [0, 0.1) is 5.41 Å². The molecule has 23 heavy (non-hydrogen) atoms. The smallest absolute Gasteiger partial charge is 0.341 e. The number of nitrogens with zero attached hydrogens (tertiary/aromatic N) is 2. The molecule has 1 saturated carbocycles. The number of aromatic nitrogens is 1. The maximum atomic E-state index is 13.7. The second-order valence-corrected chi connectivity index (χ2v) is 6.87. The predicted molar refractivity (Wildman–Crippen MR) is 77.9 cm³/mol. The number of carboxylic acid groups (broad SMARTS) is 1. The third-order valence-electron chi connectivity index (χ3n) is 5.43. The molecule has 3 heterocycles. The van der Waals surface area contributed by atoms with Crippen LogP contribution in [0.25, 0.3) is 0 Å². The predicted octanol–water partition coefficient (Wildman–Crippen LogP) is 2.70. The van der Waals surface area contributed by atoms with Crippen LogP contribution in [0.15, 0.2) is 18.3 Å². The number of fused-ring (bicyclic) bond motifs is 2. The SMILES string of the molecule is O=C(O)COc1cccnc1N1C2CCC1CC1(C2)CC1(F)F. The fraction of sp³-hybridized carbons (Fsp3) is 0.625. The van der Waals surface area contributed by atoms with Crippen molar-refractivity contribution < 1.29 is 23.4 Å². The molecule has 2 bridgehead atoms. The summed E-state index contributed by atoms with van der Waals surface area (Å²) in [6, 6.07) is 3.43. The number of pyridine rings is 1. The molecule has 1 aliphatic carbocycles. The van der Waals surface area contributed by atoms with Crippen LogP contribution >= 0.6 is 0 Å². The molecule has 124 valence electrons. The summed E-state index contributed by atoms with van der Waals surface area (Å²) < 4.78 is 32.8. The van der Waals surface area contributed by atoms with Crippen molar-refractivity contribution in [3.63, 3.8) is 0 Å². The standard InChI is InChI=1S/C16H18F2N2O3/c17-16(18)9-15(16)6-10-3-4-11(7-15)20(10)14-12(2-1-5-19-14)23-8-13(21)22/h1-2,5,10-11H,3-4,6-9H2,(H,21,22). The van der Waals surface area contributed by atoms with Gasteiger partial charge in [0.05, 0.1) is 0 Å². The van der Waals surface area contributed by atoms with Crippen LogP contribution in [-0.4, -0.2) is 40.7 Å². The van der Waals surface area contributed by atoms with Gasteiger partial charge < -0.3 is 14.7 Å². The molecule has 0 amide bonds. The Bertz CT molecular complexity index is 638. The first-order valence-corrected chi connectivity index (χ1v) is 7.88. The summed E-state index contributed by atoms with van der Waals surface area (Å²) in [5, 5.41) is 8.78. The molecular weight excluding hydrogens is 306 g/mol. The Balaban J connectivity index is 1.59. The molecule has 2 unspecified atom stereocenters. The number of piperidine rings is 1. The quantitative estimate of drug-likeness (QED) is 0.922. The van der Waals surface area contributed by atoms with E-state index in [1.807, 2.05) is 0 Å². The van der Waals surface area contributed by atoms with Crippen LogP contribution in [0.3, 0.4) is 0 Å². The zero-order valence-electron chi connectivity index (χ0n) is 12.5. The third-order valence-corrected chi connectivity index (χ3v) is 5.43. The van der Waals surface area contributed by atoms with Crippen LogP contribution in [0.4, 0.5) is 14.6 Å². The lowest BCUT2D eigenvalue weighted by Gasteiger charge is -2.40. The zero-order chi connectivity index (χ0) is 16.2. The Kier molecular flexibility index (Phi) is 3.05. The molecule has 3 fully saturated rings. The fourth-order valence-electron chi connectivity index (χ4n) is 4.35. The minimum atomic E-state index is -2.52. The number of hydrogen-bond acceptors (Lipinski definition) is 4. The molecule has 1 aromatic rings. The molecule has 3 aliphatic rings. The number of hydrogen-bond donors (Lipinski definition) is 1. The highest BCUT2D eigenvalue weighted by molar-refractivity contribution is 5.69. The number of halogens is 2. The van der Waals surface area contributed by atoms with Gasteiger partial charge in [0, 0.05) is 30.1 Å². The Labute approximate surface area is 132 Å². The number of aliphatic carboxylic acids is 1. The Hall–Kier alpha value is -1.92. The highest BCUT2D eigenvalue weighted by atomic mass is 19.3. The summed E-state index contributed by atoms with van der Waals surface area (Å²) in [6.45, 7) is -0.441. The van der Waals surface area contributed by atoms with E-state index in [4.69, 9.17) is 9.84 Å². The molecule has 2 atom stereocenters. The van der Waals surface area contributed by atoms with Gasteiger partial charge in [-0.05, 0) is 37.8 Å². The number of carboxylic acids is 1. The maximum Gasteiger partial charge on any atom is 0.341 e. The van der Waals surface area contributed by atoms with Crippen molar-refractivity contribution in [3.8, 4) is 5.75 Å². The Morgan fingerprint density at radius 3 is 2.61 bits per heavy atom. The lowest BCUT2D eigenvalue weighted by atomic mass is 9.87. The van der Waals surface area contributed by atoms with Gasteiger partial charge >= 0.3 is 5.97 Å². The van der Waals surface area contributed by atoms with Crippen molar-refractivity contribution in [2.24, 2.45) is 5.41 Å². The largest absolute Gasteiger partial charge is 0.479 e. The van der Waals surface area contributed by atoms with Gasteiger partial charge in [-0.15, -0.1) is 0 Å². The second kappa shape index (κ2) is 4.79. The highest BCUT2D eigenvalue weighted by Gasteiger charge is 2.74. The van der Waals surface area contributed by atoms with E-state index in [1.54, 1.807) is 18.3 Å². The summed E-state index contributed by atoms with van der Waals surface area (Å²) in [7, 11) is 0. The van der Waals surface area contributed by atoms with E-state index >= 15 is 0 Å². The highest BCUT2D eigenvalue weighted by Crippen LogP contribution is 2.69. The van der Waals surface area contributed by atoms with E-state index in [-0.39, 0.29) is 18.5 Å². The first-order chi connectivity index (χ1) is 10.9. The number of anilines is 1. The van der Waals surface area contributed by atoms with E-state index in [0.717, 1.165) is 12.8 Å². The summed E-state index contributed by atoms with van der Waals surface area (Å²) >= 11 is 0. The summed E-state index contributed by atoms with van der Waals surface area (Å²) in [5.41, 5.74) is -0.813. The van der Waals surface area contributed by atoms with Gasteiger partial charge in [0.25, 0.3) is 5.92 Å². The summed E-state index contributed by atoms with van der Waals surface area (Å²) in [6.07, 6.45) is 4.33. The van der Waals surface area contributed by atoms with Gasteiger partial charge in [-0.1, -0.05) is 0 Å². The maximum absolute atomic E-state index is 13.7. The number of alkyl halides is 2. The minimum Gasteiger partial charge on any atom is -0.479 e. The first kappa shape index (κ1) is 14.7. The number of ether oxygens (including phenoxy) is 1.